The van der Waals surface area contributed by atoms with Crippen molar-refractivity contribution in [1.29, 1.82) is 0 Å². The quantitative estimate of drug-likeness (QED) is 0.145. The number of nitrogens with zero attached hydrogens (tertiary/aromatic N) is 1. The lowest BCUT2D eigenvalue weighted by Crippen LogP contribution is -2.36. The van der Waals surface area contributed by atoms with Gasteiger partial charge < -0.3 is 4.90 Å². The van der Waals surface area contributed by atoms with Crippen LogP contribution in [0.15, 0.2) is 234 Å². The summed E-state index contributed by atoms with van der Waals surface area (Å²) in [5.74, 6) is 0. The van der Waals surface area contributed by atoms with E-state index in [1.807, 2.05) is 11.8 Å². The van der Waals surface area contributed by atoms with Gasteiger partial charge in [-0.15, -0.1) is 0 Å². The van der Waals surface area contributed by atoms with Crippen LogP contribution in [0, 0.1) is 0 Å². The maximum atomic E-state index is 2.38. The Morgan fingerprint density at radius 1 is 0.351 bits per heavy atom. The molecular formula is C55H41NS. The number of hydrogen-bond acceptors (Lipinski definition) is 2. The summed E-state index contributed by atoms with van der Waals surface area (Å²) >= 11 is 1.91. The molecule has 2 heteroatoms. The molecule has 1 atom stereocenters. The molecule has 0 bridgehead atoms. The van der Waals surface area contributed by atoms with E-state index in [2.05, 4.69) is 229 Å². The largest absolute Gasteiger partial charge is 0.311 e. The molecule has 0 saturated heterocycles. The van der Waals surface area contributed by atoms with Gasteiger partial charge in [0.05, 0.1) is 0 Å². The Hall–Kier alpha value is -6.61. The van der Waals surface area contributed by atoms with Gasteiger partial charge in [-0.3, -0.25) is 0 Å². The van der Waals surface area contributed by atoms with Gasteiger partial charge in [0.1, 0.15) is 0 Å². The van der Waals surface area contributed by atoms with Gasteiger partial charge in [0, 0.05) is 32.3 Å². The Bertz CT molecular complexity index is 2700. The van der Waals surface area contributed by atoms with Crippen molar-refractivity contribution < 1.29 is 0 Å². The predicted molar refractivity (Wildman–Crippen MR) is 241 cm³/mol. The van der Waals surface area contributed by atoms with E-state index in [0.29, 0.717) is 0 Å². The first kappa shape index (κ1) is 34.8. The minimum atomic E-state index is -0.277. The zero-order chi connectivity index (χ0) is 38.0. The average molecular weight is 748 g/mol. The van der Waals surface area contributed by atoms with Crippen LogP contribution in [0.1, 0.15) is 22.3 Å². The van der Waals surface area contributed by atoms with Crippen LogP contribution in [0.3, 0.4) is 0 Å². The molecule has 1 unspecified atom stereocenters. The van der Waals surface area contributed by atoms with E-state index in [1.165, 1.54) is 65.1 Å². The predicted octanol–water partition coefficient (Wildman–Crippen LogP) is 14.9. The lowest BCUT2D eigenvalue weighted by atomic mass is 9.65. The van der Waals surface area contributed by atoms with Crippen molar-refractivity contribution >= 4 is 39.6 Å². The summed E-state index contributed by atoms with van der Waals surface area (Å²) in [6, 6.07) is 82.2. The van der Waals surface area contributed by atoms with E-state index in [-0.39, 0.29) is 5.41 Å². The first-order valence-corrected chi connectivity index (χ1v) is 20.6. The first-order valence-electron chi connectivity index (χ1n) is 19.8. The number of fused-ring (bicyclic) bond motifs is 4. The summed E-state index contributed by atoms with van der Waals surface area (Å²) in [5, 5.41) is 2.63. The molecule has 0 fully saturated rings. The molecule has 272 valence electrons. The third-order valence-corrected chi connectivity index (χ3v) is 12.6. The van der Waals surface area contributed by atoms with Crippen molar-refractivity contribution in [2.24, 2.45) is 0 Å². The van der Waals surface area contributed by atoms with Gasteiger partial charge in [-0.1, -0.05) is 188 Å². The molecule has 10 rings (SSSR count). The first-order chi connectivity index (χ1) is 28.2. The molecule has 0 aromatic heterocycles. The molecule has 57 heavy (non-hydrogen) atoms. The SMILES string of the molecule is c1ccc(CC2(Cc3ccc(N(c4ccc(-c5ccccc5)cc4)c4ccc(-c5ccccc5)cc4)cc3)c3ccccc3Sc3ccc4ccccc4c32)cc1. The summed E-state index contributed by atoms with van der Waals surface area (Å²) in [5.41, 5.74) is 13.4. The molecule has 9 aromatic carbocycles. The van der Waals surface area contributed by atoms with Gasteiger partial charge in [0.2, 0.25) is 0 Å². The van der Waals surface area contributed by atoms with Gasteiger partial charge >= 0.3 is 0 Å². The minimum absolute atomic E-state index is 0.277. The summed E-state index contributed by atoms with van der Waals surface area (Å²) in [6.45, 7) is 0. The van der Waals surface area contributed by atoms with Gasteiger partial charge in [-0.05, 0) is 117 Å². The average Bonchev–Trinajstić information content (AvgIpc) is 3.28. The van der Waals surface area contributed by atoms with Crippen molar-refractivity contribution in [1.82, 2.24) is 0 Å². The molecule has 1 aliphatic rings. The Balaban J connectivity index is 1.08. The highest BCUT2D eigenvalue weighted by Crippen LogP contribution is 2.54. The number of hydrogen-bond donors (Lipinski definition) is 0. The highest BCUT2D eigenvalue weighted by Gasteiger charge is 2.42. The molecule has 0 aliphatic carbocycles. The molecule has 1 heterocycles. The smallest absolute Gasteiger partial charge is 0.0462 e. The van der Waals surface area contributed by atoms with Crippen LogP contribution in [0.5, 0.6) is 0 Å². The second kappa shape index (κ2) is 15.1. The second-order valence-electron chi connectivity index (χ2n) is 15.0. The Labute approximate surface area is 339 Å². The van der Waals surface area contributed by atoms with Crippen molar-refractivity contribution in [2.75, 3.05) is 4.90 Å². The molecular weight excluding hydrogens is 707 g/mol. The fourth-order valence-electron chi connectivity index (χ4n) is 8.83. The Morgan fingerprint density at radius 3 is 1.40 bits per heavy atom. The van der Waals surface area contributed by atoms with Gasteiger partial charge in [0.15, 0.2) is 0 Å². The van der Waals surface area contributed by atoms with Crippen LogP contribution >= 0.6 is 11.8 Å². The zero-order valence-corrected chi connectivity index (χ0v) is 32.4. The Morgan fingerprint density at radius 2 is 0.807 bits per heavy atom. The lowest BCUT2D eigenvalue weighted by molar-refractivity contribution is 0.489. The summed E-state index contributed by atoms with van der Waals surface area (Å²) in [6.07, 6.45) is 1.78. The van der Waals surface area contributed by atoms with Crippen LogP contribution < -0.4 is 4.90 Å². The topological polar surface area (TPSA) is 3.24 Å². The third-order valence-electron chi connectivity index (χ3n) is 11.5. The van der Waals surface area contributed by atoms with E-state index < -0.39 is 0 Å². The van der Waals surface area contributed by atoms with Crippen LogP contribution in [-0.2, 0) is 18.3 Å². The van der Waals surface area contributed by atoms with E-state index in [4.69, 9.17) is 0 Å². The molecule has 0 saturated carbocycles. The van der Waals surface area contributed by atoms with Crippen molar-refractivity contribution in [3.05, 3.63) is 247 Å². The summed E-state index contributed by atoms with van der Waals surface area (Å²) in [7, 11) is 0. The van der Waals surface area contributed by atoms with Gasteiger partial charge in [-0.2, -0.15) is 0 Å². The number of anilines is 3. The molecule has 0 radical (unpaired) electrons. The van der Waals surface area contributed by atoms with E-state index in [1.54, 1.807) is 0 Å². The molecule has 1 aliphatic heterocycles. The molecule has 0 N–H and O–H groups in total. The normalized spacial score (nSPS) is 14.5. The summed E-state index contributed by atoms with van der Waals surface area (Å²) in [4.78, 5) is 5.07. The molecule has 1 nitrogen and oxygen atoms in total. The van der Waals surface area contributed by atoms with Crippen LogP contribution in [0.4, 0.5) is 17.1 Å². The maximum Gasteiger partial charge on any atom is 0.0462 e. The number of benzene rings is 9. The molecule has 9 aromatic rings. The summed E-state index contributed by atoms with van der Waals surface area (Å²) < 4.78 is 0. The van der Waals surface area contributed by atoms with E-state index in [9.17, 15) is 0 Å². The van der Waals surface area contributed by atoms with Crippen LogP contribution in [0.2, 0.25) is 0 Å². The fraction of sp³-hybridized carbons (Fsp3) is 0.0545. The highest BCUT2D eigenvalue weighted by molar-refractivity contribution is 7.99. The molecule has 0 spiro atoms. The van der Waals surface area contributed by atoms with Gasteiger partial charge in [-0.25, -0.2) is 0 Å². The van der Waals surface area contributed by atoms with Crippen molar-refractivity contribution in [3.8, 4) is 22.3 Å². The minimum Gasteiger partial charge on any atom is -0.311 e. The third kappa shape index (κ3) is 6.73. The van der Waals surface area contributed by atoms with Crippen LogP contribution in [-0.4, -0.2) is 0 Å². The second-order valence-corrected chi connectivity index (χ2v) is 16.1. The van der Waals surface area contributed by atoms with E-state index in [0.717, 1.165) is 29.9 Å². The standard InChI is InChI=1S/C55H41NS/c1-4-14-40(15-5-1)38-55(51-22-12-13-23-52(51)57-53-37-30-46-20-10-11-21-50(46)54(53)55)39-41-24-31-47(32-25-41)56(48-33-26-44(27-34-48)42-16-6-2-7-17-42)49-35-28-45(29-36-49)43-18-8-3-9-19-43/h1-37H,38-39H2. The molecule has 0 amide bonds. The van der Waals surface area contributed by atoms with Crippen LogP contribution in [0.25, 0.3) is 33.0 Å². The Kier molecular flexibility index (Phi) is 9.26. The van der Waals surface area contributed by atoms with Crippen molar-refractivity contribution in [2.45, 2.75) is 28.0 Å². The van der Waals surface area contributed by atoms with E-state index >= 15 is 0 Å². The lowest BCUT2D eigenvalue weighted by Gasteiger charge is -2.42. The van der Waals surface area contributed by atoms with Gasteiger partial charge in [0.25, 0.3) is 0 Å². The van der Waals surface area contributed by atoms with Crippen molar-refractivity contribution in [3.63, 3.8) is 0 Å². The monoisotopic (exact) mass is 747 g/mol. The number of rotatable bonds is 9. The zero-order valence-electron chi connectivity index (χ0n) is 31.6. The highest BCUT2D eigenvalue weighted by atomic mass is 32.2. The maximum absolute atomic E-state index is 2.38. The fourth-order valence-corrected chi connectivity index (χ4v) is 10.1.